The minimum atomic E-state index is -0.287. The van der Waals surface area contributed by atoms with Gasteiger partial charge in [0.25, 0.3) is 0 Å². The Morgan fingerprint density at radius 3 is 2.53 bits per heavy atom. The maximum Gasteiger partial charge on any atom is 0.247 e. The minimum absolute atomic E-state index is 0.0272. The van der Waals surface area contributed by atoms with Crippen LogP contribution in [-0.2, 0) is 6.54 Å². The number of aromatic nitrogens is 2. The monoisotopic (exact) mass is 410 g/mol. The van der Waals surface area contributed by atoms with E-state index in [4.69, 9.17) is 13.9 Å². The third-order valence-corrected chi connectivity index (χ3v) is 5.69. The van der Waals surface area contributed by atoms with Crippen LogP contribution in [0.1, 0.15) is 24.4 Å². The smallest absolute Gasteiger partial charge is 0.247 e. The van der Waals surface area contributed by atoms with Crippen molar-refractivity contribution in [3.8, 4) is 23.0 Å². The van der Waals surface area contributed by atoms with Gasteiger partial charge in [-0.3, -0.25) is 9.80 Å². The van der Waals surface area contributed by atoms with Gasteiger partial charge in [0, 0.05) is 38.3 Å². The molecule has 7 nitrogen and oxygen atoms in total. The summed E-state index contributed by atoms with van der Waals surface area (Å²) in [4.78, 5) is 4.77. The van der Waals surface area contributed by atoms with Crippen molar-refractivity contribution in [1.29, 1.82) is 0 Å². The highest BCUT2D eigenvalue weighted by Crippen LogP contribution is 2.33. The molecule has 0 unspecified atom stereocenters. The highest BCUT2D eigenvalue weighted by atomic mass is 19.1. The molecule has 2 aliphatic rings. The molecule has 0 N–H and O–H groups in total. The van der Waals surface area contributed by atoms with Gasteiger partial charge in [0.1, 0.15) is 5.82 Å². The first-order valence-electron chi connectivity index (χ1n) is 10.1. The molecule has 0 radical (unpaired) electrons. The third kappa shape index (κ3) is 3.88. The van der Waals surface area contributed by atoms with E-state index in [0.717, 1.165) is 49.8 Å². The van der Waals surface area contributed by atoms with Crippen LogP contribution in [0.4, 0.5) is 4.39 Å². The predicted octanol–water partition coefficient (Wildman–Crippen LogP) is 3.48. The number of benzene rings is 2. The number of hydrogen-bond acceptors (Lipinski definition) is 7. The Balaban J connectivity index is 1.18. The highest BCUT2D eigenvalue weighted by molar-refractivity contribution is 5.52. The summed E-state index contributed by atoms with van der Waals surface area (Å²) < 4.78 is 29.8. The second-order valence-electron chi connectivity index (χ2n) is 7.63. The molecule has 0 bridgehead atoms. The molecule has 1 atom stereocenters. The van der Waals surface area contributed by atoms with E-state index in [1.54, 1.807) is 12.1 Å². The largest absolute Gasteiger partial charge is 0.454 e. The summed E-state index contributed by atoms with van der Waals surface area (Å²) in [6.07, 6.45) is 0. The lowest BCUT2D eigenvalue weighted by molar-refractivity contribution is 0.0875. The summed E-state index contributed by atoms with van der Waals surface area (Å²) in [6, 6.07) is 12.2. The van der Waals surface area contributed by atoms with Gasteiger partial charge in [-0.05, 0) is 48.9 Å². The number of fused-ring (bicyclic) bond motifs is 1. The van der Waals surface area contributed by atoms with Crippen LogP contribution in [0.2, 0.25) is 0 Å². The molecule has 3 aromatic rings. The topological polar surface area (TPSA) is 63.9 Å². The number of nitrogens with zero attached hydrogens (tertiary/aromatic N) is 4. The Bertz CT molecular complexity index is 1020. The van der Waals surface area contributed by atoms with E-state index in [9.17, 15) is 4.39 Å². The molecule has 1 aromatic heterocycles. The predicted molar refractivity (Wildman–Crippen MR) is 108 cm³/mol. The Labute approximate surface area is 174 Å². The summed E-state index contributed by atoms with van der Waals surface area (Å²) in [5.41, 5.74) is 1.94. The number of hydrogen-bond donors (Lipinski definition) is 0. The molecule has 1 fully saturated rings. The summed E-state index contributed by atoms with van der Waals surface area (Å²) in [7, 11) is 0. The first-order valence-corrected chi connectivity index (χ1v) is 10.1. The SMILES string of the molecule is C[C@@H](c1nnc(-c2ccc(F)cc2)o1)N1CCN(Cc2ccc3c(c2)OCO3)CC1. The molecule has 0 amide bonds. The van der Waals surface area contributed by atoms with Crippen molar-refractivity contribution in [3.63, 3.8) is 0 Å². The van der Waals surface area contributed by atoms with Crippen LogP contribution in [0.3, 0.4) is 0 Å². The van der Waals surface area contributed by atoms with Crippen molar-refractivity contribution >= 4 is 0 Å². The summed E-state index contributed by atoms with van der Waals surface area (Å²) in [6.45, 7) is 7.01. The number of halogens is 1. The number of piperazine rings is 1. The number of ether oxygens (including phenoxy) is 2. The van der Waals surface area contributed by atoms with Gasteiger partial charge in [0.2, 0.25) is 18.6 Å². The molecule has 0 spiro atoms. The van der Waals surface area contributed by atoms with Gasteiger partial charge in [-0.15, -0.1) is 10.2 Å². The molecular formula is C22H23FN4O3. The van der Waals surface area contributed by atoms with Crippen molar-refractivity contribution in [2.45, 2.75) is 19.5 Å². The normalized spacial score (nSPS) is 17.9. The Kier molecular flexibility index (Phi) is 5.10. The lowest BCUT2D eigenvalue weighted by atomic mass is 10.1. The lowest BCUT2D eigenvalue weighted by Crippen LogP contribution is -2.46. The van der Waals surface area contributed by atoms with Gasteiger partial charge in [0.15, 0.2) is 11.5 Å². The van der Waals surface area contributed by atoms with E-state index in [1.807, 2.05) is 6.07 Å². The summed E-state index contributed by atoms with van der Waals surface area (Å²) in [5.74, 6) is 2.35. The van der Waals surface area contributed by atoms with Gasteiger partial charge >= 0.3 is 0 Å². The van der Waals surface area contributed by atoms with Gasteiger partial charge in [-0.2, -0.15) is 0 Å². The molecule has 3 heterocycles. The molecule has 156 valence electrons. The fraction of sp³-hybridized carbons (Fsp3) is 0.364. The van der Waals surface area contributed by atoms with Crippen molar-refractivity contribution < 1.29 is 18.3 Å². The van der Waals surface area contributed by atoms with Gasteiger partial charge in [-0.1, -0.05) is 6.07 Å². The fourth-order valence-corrected chi connectivity index (χ4v) is 3.87. The van der Waals surface area contributed by atoms with E-state index in [2.05, 4.69) is 39.1 Å². The zero-order valence-electron chi connectivity index (χ0n) is 16.8. The molecule has 0 saturated carbocycles. The highest BCUT2D eigenvalue weighted by Gasteiger charge is 2.26. The van der Waals surface area contributed by atoms with Gasteiger partial charge < -0.3 is 13.9 Å². The van der Waals surface area contributed by atoms with Gasteiger partial charge in [0.05, 0.1) is 6.04 Å². The Hall–Kier alpha value is -2.97. The second kappa shape index (κ2) is 8.04. The molecule has 2 aromatic carbocycles. The summed E-state index contributed by atoms with van der Waals surface area (Å²) >= 11 is 0. The fourth-order valence-electron chi connectivity index (χ4n) is 3.87. The zero-order valence-corrected chi connectivity index (χ0v) is 16.8. The van der Waals surface area contributed by atoms with Crippen molar-refractivity contribution in [3.05, 3.63) is 59.7 Å². The van der Waals surface area contributed by atoms with Crippen LogP contribution in [0.15, 0.2) is 46.9 Å². The second-order valence-corrected chi connectivity index (χ2v) is 7.63. The Morgan fingerprint density at radius 2 is 1.73 bits per heavy atom. The molecule has 2 aliphatic heterocycles. The molecule has 30 heavy (non-hydrogen) atoms. The molecular weight excluding hydrogens is 387 g/mol. The van der Waals surface area contributed by atoms with Crippen molar-refractivity contribution in [2.24, 2.45) is 0 Å². The first-order chi connectivity index (χ1) is 14.7. The van der Waals surface area contributed by atoms with Crippen LogP contribution in [0.25, 0.3) is 11.5 Å². The van der Waals surface area contributed by atoms with Crippen molar-refractivity contribution in [1.82, 2.24) is 20.0 Å². The van der Waals surface area contributed by atoms with Crippen LogP contribution in [0.5, 0.6) is 11.5 Å². The summed E-state index contributed by atoms with van der Waals surface area (Å²) in [5, 5.41) is 8.35. The zero-order chi connectivity index (χ0) is 20.5. The maximum atomic E-state index is 13.1. The van der Waals surface area contributed by atoms with E-state index in [-0.39, 0.29) is 11.9 Å². The van der Waals surface area contributed by atoms with Crippen molar-refractivity contribution in [2.75, 3.05) is 33.0 Å². The van der Waals surface area contributed by atoms with Gasteiger partial charge in [-0.25, -0.2) is 4.39 Å². The standard InChI is InChI=1S/C22H23FN4O3/c1-15(21-24-25-22(30-21)17-3-5-18(23)6-4-17)27-10-8-26(9-11-27)13-16-2-7-19-20(12-16)29-14-28-19/h2-7,12,15H,8-11,13-14H2,1H3/t15-/m0/s1. The Morgan fingerprint density at radius 1 is 0.967 bits per heavy atom. The van der Waals surface area contributed by atoms with Crippen LogP contribution in [0, 0.1) is 5.82 Å². The third-order valence-electron chi connectivity index (χ3n) is 5.69. The van der Waals surface area contributed by atoms with E-state index < -0.39 is 0 Å². The average Bonchev–Trinajstić information content (AvgIpc) is 3.44. The first kappa shape index (κ1) is 19.0. The molecule has 8 heteroatoms. The quantitative estimate of drug-likeness (QED) is 0.638. The lowest BCUT2D eigenvalue weighted by Gasteiger charge is -2.36. The van der Waals surface area contributed by atoms with E-state index in [1.165, 1.54) is 17.7 Å². The minimum Gasteiger partial charge on any atom is -0.454 e. The average molecular weight is 410 g/mol. The number of rotatable bonds is 5. The van der Waals surface area contributed by atoms with Crippen LogP contribution in [-0.4, -0.2) is 53.0 Å². The van der Waals surface area contributed by atoms with E-state index >= 15 is 0 Å². The molecule has 5 rings (SSSR count). The van der Waals surface area contributed by atoms with Crippen LogP contribution < -0.4 is 9.47 Å². The molecule has 0 aliphatic carbocycles. The van der Waals surface area contributed by atoms with E-state index in [0.29, 0.717) is 18.6 Å². The maximum absolute atomic E-state index is 13.1. The molecule has 1 saturated heterocycles. The van der Waals surface area contributed by atoms with Crippen LogP contribution >= 0.6 is 0 Å².